The molecule has 1 aromatic heterocycles. The van der Waals surface area contributed by atoms with Crippen molar-refractivity contribution in [2.24, 2.45) is 0 Å². The maximum Gasteiger partial charge on any atom is 0.416 e. The lowest BCUT2D eigenvalue weighted by Gasteiger charge is -2.29. The summed E-state index contributed by atoms with van der Waals surface area (Å²) in [7, 11) is 0. The van der Waals surface area contributed by atoms with E-state index in [1.165, 1.54) is 24.4 Å². The number of rotatable bonds is 11. The van der Waals surface area contributed by atoms with Crippen molar-refractivity contribution in [3.63, 3.8) is 0 Å². The van der Waals surface area contributed by atoms with Crippen molar-refractivity contribution in [1.29, 1.82) is 0 Å². The van der Waals surface area contributed by atoms with Crippen molar-refractivity contribution >= 4 is 40.9 Å². The van der Waals surface area contributed by atoms with Gasteiger partial charge < -0.3 is 25.6 Å². The Morgan fingerprint density at radius 3 is 2.27 bits per heavy atom. The van der Waals surface area contributed by atoms with E-state index in [1.54, 1.807) is 36.4 Å². The Kier molecular flexibility index (Phi) is 12.1. The lowest BCUT2D eigenvalue weighted by atomic mass is 10.0. The third-order valence-electron chi connectivity index (χ3n) is 8.84. The molecule has 0 radical (unpaired) electrons. The summed E-state index contributed by atoms with van der Waals surface area (Å²) in [4.78, 5) is 48.8. The third kappa shape index (κ3) is 9.69. The van der Waals surface area contributed by atoms with Gasteiger partial charge in [-0.25, -0.2) is 0 Å². The average molecular weight is 733 g/mol. The lowest BCUT2D eigenvalue weighted by Crippen LogP contribution is -2.41. The van der Waals surface area contributed by atoms with Gasteiger partial charge in [0.05, 0.1) is 30.2 Å². The van der Waals surface area contributed by atoms with Crippen LogP contribution in [0.15, 0.2) is 85.1 Å². The van der Waals surface area contributed by atoms with E-state index >= 15 is 0 Å². The number of hydrogen-bond donors (Lipinski definition) is 3. The van der Waals surface area contributed by atoms with Gasteiger partial charge in [-0.2, -0.15) is 24.9 Å². The van der Waals surface area contributed by atoms with Gasteiger partial charge in [-0.3, -0.25) is 24.3 Å². The second-order valence-corrected chi connectivity index (χ2v) is 13.6. The molecule has 2 saturated heterocycles. The fourth-order valence-corrected chi connectivity index (χ4v) is 6.89. The normalized spacial score (nSPS) is 15.2. The van der Waals surface area contributed by atoms with Crippen molar-refractivity contribution in [1.82, 2.24) is 20.5 Å². The molecule has 0 atom stereocenters. The second kappa shape index (κ2) is 17.1. The highest BCUT2D eigenvalue weighted by Crippen LogP contribution is 2.33. The topological polar surface area (TPSA) is 116 Å². The van der Waals surface area contributed by atoms with Gasteiger partial charge in [-0.1, -0.05) is 18.2 Å². The van der Waals surface area contributed by atoms with Crippen molar-refractivity contribution < 1.29 is 32.3 Å². The number of ether oxygens (including phenoxy) is 1. The van der Waals surface area contributed by atoms with Gasteiger partial charge in [0.1, 0.15) is 0 Å². The number of thioether (sulfide) groups is 1. The van der Waals surface area contributed by atoms with Crippen molar-refractivity contribution in [2.75, 3.05) is 74.2 Å². The summed E-state index contributed by atoms with van der Waals surface area (Å²) in [6, 6.07) is 20.1. The van der Waals surface area contributed by atoms with Crippen LogP contribution in [-0.4, -0.2) is 91.6 Å². The Hall–Kier alpha value is -4.92. The molecule has 0 aliphatic carbocycles. The molecule has 3 heterocycles. The van der Waals surface area contributed by atoms with E-state index in [9.17, 15) is 27.6 Å². The minimum absolute atomic E-state index is 0.102. The molecule has 0 saturated carbocycles. The van der Waals surface area contributed by atoms with Gasteiger partial charge in [-0.15, -0.1) is 0 Å². The average Bonchev–Trinajstić information content (AvgIpc) is 3.17. The van der Waals surface area contributed by atoms with E-state index in [-0.39, 0.29) is 18.0 Å². The molecule has 6 rings (SSSR count). The Bertz CT molecular complexity index is 1900. The molecule has 3 amide bonds. The molecule has 272 valence electrons. The molecule has 14 heteroatoms. The van der Waals surface area contributed by atoms with E-state index in [2.05, 4.69) is 30.7 Å². The van der Waals surface area contributed by atoms with Gasteiger partial charge >= 0.3 is 6.18 Å². The predicted octanol–water partition coefficient (Wildman–Crippen LogP) is 5.56. The second-order valence-electron chi connectivity index (χ2n) is 12.4. The van der Waals surface area contributed by atoms with Crippen LogP contribution in [0.25, 0.3) is 11.3 Å². The molecule has 4 aromatic rings. The first-order valence-electron chi connectivity index (χ1n) is 17.0. The van der Waals surface area contributed by atoms with Crippen LogP contribution in [0, 0.1) is 0 Å². The fraction of sp³-hybridized carbons (Fsp3) is 0.316. The number of amides is 3. The zero-order chi connectivity index (χ0) is 36.5. The first-order valence-corrected chi connectivity index (χ1v) is 18.2. The molecule has 0 unspecified atom stereocenters. The number of hydrogen-bond acceptors (Lipinski definition) is 8. The van der Waals surface area contributed by atoms with Gasteiger partial charge in [0.2, 0.25) is 0 Å². The largest absolute Gasteiger partial charge is 0.416 e. The molecule has 3 N–H and O–H groups in total. The number of alkyl halides is 3. The van der Waals surface area contributed by atoms with Gasteiger partial charge in [0.25, 0.3) is 17.7 Å². The lowest BCUT2D eigenvalue weighted by molar-refractivity contribution is -0.137. The van der Waals surface area contributed by atoms with Crippen LogP contribution >= 0.6 is 11.8 Å². The van der Waals surface area contributed by atoms with Gasteiger partial charge in [0, 0.05) is 91.5 Å². The Balaban J connectivity index is 1.19. The summed E-state index contributed by atoms with van der Waals surface area (Å²) in [5.74, 6) is 0.757. The minimum atomic E-state index is -4.49. The number of benzene rings is 3. The zero-order valence-electron chi connectivity index (χ0n) is 28.4. The number of carbonyl (C=O) groups excluding carboxylic acids is 3. The van der Waals surface area contributed by atoms with E-state index in [1.807, 2.05) is 23.9 Å². The molecule has 0 bridgehead atoms. The number of carbonyl (C=O) groups is 3. The minimum Gasteiger partial charge on any atom is -0.379 e. The van der Waals surface area contributed by atoms with E-state index in [4.69, 9.17) is 4.74 Å². The summed E-state index contributed by atoms with van der Waals surface area (Å²) in [5, 5.41) is 8.60. The Morgan fingerprint density at radius 2 is 1.50 bits per heavy atom. The highest BCUT2D eigenvalue weighted by molar-refractivity contribution is 7.99. The smallest absolute Gasteiger partial charge is 0.379 e. The first-order chi connectivity index (χ1) is 25.1. The molecule has 0 spiro atoms. The SMILES string of the molecule is O=C(NCCN1CCOCC1)c1cccc(C(=O)Nc2ccc(N3CCSCC3)cc2-c2cc(C(=O)NCc3cccc(C(F)(F)F)c3)ccn2)c1. The van der Waals surface area contributed by atoms with Gasteiger partial charge in [0.15, 0.2) is 0 Å². The van der Waals surface area contributed by atoms with Crippen LogP contribution < -0.4 is 20.9 Å². The van der Waals surface area contributed by atoms with Crippen molar-refractivity contribution in [3.05, 3.63) is 113 Å². The number of nitrogens with zero attached hydrogens (tertiary/aromatic N) is 3. The summed E-state index contributed by atoms with van der Waals surface area (Å²) < 4.78 is 45.0. The Labute approximate surface area is 304 Å². The Morgan fingerprint density at radius 1 is 0.788 bits per heavy atom. The molecule has 2 aliphatic heterocycles. The molecule has 2 aliphatic rings. The number of halogens is 3. The molecular formula is C38H39F3N6O4S. The van der Waals surface area contributed by atoms with E-state index in [0.29, 0.717) is 59.9 Å². The molecule has 2 fully saturated rings. The predicted molar refractivity (Wildman–Crippen MR) is 196 cm³/mol. The number of aromatic nitrogens is 1. The van der Waals surface area contributed by atoms with E-state index in [0.717, 1.165) is 55.5 Å². The van der Waals surface area contributed by atoms with Crippen LogP contribution in [0.4, 0.5) is 24.5 Å². The fourth-order valence-electron chi connectivity index (χ4n) is 5.98. The van der Waals surface area contributed by atoms with Crippen LogP contribution in [0.1, 0.15) is 42.2 Å². The molecular weight excluding hydrogens is 694 g/mol. The molecule has 52 heavy (non-hydrogen) atoms. The van der Waals surface area contributed by atoms with Crippen molar-refractivity contribution in [2.45, 2.75) is 12.7 Å². The first kappa shape index (κ1) is 36.9. The van der Waals surface area contributed by atoms with E-state index < -0.39 is 23.6 Å². The summed E-state index contributed by atoms with van der Waals surface area (Å²) in [6.45, 7) is 5.77. The van der Waals surface area contributed by atoms with Crippen LogP contribution in [0.3, 0.4) is 0 Å². The van der Waals surface area contributed by atoms with Crippen molar-refractivity contribution in [3.8, 4) is 11.3 Å². The maximum atomic E-state index is 13.6. The monoisotopic (exact) mass is 732 g/mol. The quantitative estimate of drug-likeness (QED) is 0.184. The highest BCUT2D eigenvalue weighted by atomic mass is 32.2. The van der Waals surface area contributed by atoms with Crippen LogP contribution in [0.2, 0.25) is 0 Å². The van der Waals surface area contributed by atoms with Crippen LogP contribution in [0.5, 0.6) is 0 Å². The van der Waals surface area contributed by atoms with Crippen LogP contribution in [-0.2, 0) is 17.5 Å². The summed E-state index contributed by atoms with van der Waals surface area (Å²) >= 11 is 1.88. The molecule has 10 nitrogen and oxygen atoms in total. The number of nitrogens with one attached hydrogen (secondary N) is 3. The number of pyridine rings is 1. The third-order valence-corrected chi connectivity index (χ3v) is 9.78. The number of anilines is 2. The molecule has 3 aromatic carbocycles. The number of morpholine rings is 1. The summed E-state index contributed by atoms with van der Waals surface area (Å²) in [6.07, 6.45) is -3.01. The van der Waals surface area contributed by atoms with Gasteiger partial charge in [-0.05, 0) is 66.2 Å². The maximum absolute atomic E-state index is 13.6. The highest BCUT2D eigenvalue weighted by Gasteiger charge is 2.30. The standard InChI is InChI=1S/C38H39F3N6O4S/c39-38(40,41)30-6-1-3-26(21-30)25-44-36(49)29-9-10-42-34(23-29)32-24-31(47-15-19-52-20-16-47)7-8-33(32)45-37(50)28-5-2-4-27(22-28)35(48)43-11-12-46-13-17-51-18-14-46/h1-10,21-24H,11-20,25H2,(H,43,48)(H,44,49)(H,45,50). The zero-order valence-corrected chi connectivity index (χ0v) is 29.2. The summed E-state index contributed by atoms with van der Waals surface area (Å²) in [5.41, 5.74) is 2.81.